The first-order valence-corrected chi connectivity index (χ1v) is 8.71. The topological polar surface area (TPSA) is 60.2 Å². The third-order valence-corrected chi connectivity index (χ3v) is 4.42. The zero-order valence-corrected chi connectivity index (χ0v) is 15.3. The molecule has 0 aliphatic carbocycles. The maximum absolute atomic E-state index is 14.6. The van der Waals surface area contributed by atoms with Gasteiger partial charge in [0.15, 0.2) is 10.8 Å². The minimum absolute atomic E-state index is 0.0519. The number of rotatable bonds is 2. The third kappa shape index (κ3) is 4.21. The lowest BCUT2D eigenvalue weighted by Gasteiger charge is -2.35. The van der Waals surface area contributed by atoms with E-state index in [2.05, 4.69) is 10.2 Å². The van der Waals surface area contributed by atoms with Gasteiger partial charge in [-0.3, -0.25) is 0 Å². The molecule has 1 aliphatic rings. The van der Waals surface area contributed by atoms with Gasteiger partial charge in [0.25, 0.3) is 0 Å². The van der Waals surface area contributed by atoms with E-state index in [1.807, 2.05) is 16.8 Å². The number of nitrogens with zero attached hydrogens (tertiary/aromatic N) is 4. The number of carbonyl (C=O) groups excluding carboxylic acids is 1. The maximum atomic E-state index is 14.6. The van der Waals surface area contributed by atoms with E-state index in [0.29, 0.717) is 30.3 Å². The van der Waals surface area contributed by atoms with Crippen LogP contribution in [0.3, 0.4) is 0 Å². The van der Waals surface area contributed by atoms with Crippen molar-refractivity contribution < 1.29 is 13.9 Å². The van der Waals surface area contributed by atoms with Gasteiger partial charge < -0.3 is 14.2 Å². The summed E-state index contributed by atoms with van der Waals surface area (Å²) in [5, 5.41) is 9.15. The van der Waals surface area contributed by atoms with Crippen LogP contribution in [-0.4, -0.2) is 50.6 Å². The summed E-state index contributed by atoms with van der Waals surface area (Å²) in [6.45, 7) is 6.43. The van der Waals surface area contributed by atoms with Crippen LogP contribution in [0, 0.1) is 5.92 Å². The highest BCUT2D eigenvalue weighted by atomic mass is 35.5. The van der Waals surface area contributed by atoms with Gasteiger partial charge in [0, 0.05) is 30.6 Å². The molecule has 25 heavy (non-hydrogen) atoms. The average Bonchev–Trinajstić information content (AvgIpc) is 2.89. The highest BCUT2D eigenvalue weighted by molar-refractivity contribution is 6.29. The maximum Gasteiger partial charge on any atom is 0.410 e. The Morgan fingerprint density at radius 1 is 1.44 bits per heavy atom. The summed E-state index contributed by atoms with van der Waals surface area (Å²) in [5.41, 5.74) is 0.107. The van der Waals surface area contributed by atoms with Crippen molar-refractivity contribution in [3.8, 4) is 0 Å². The summed E-state index contributed by atoms with van der Waals surface area (Å²) in [6.07, 6.45) is 0.864. The number of hydrogen-bond acceptors (Lipinski definition) is 4. The Kier molecular flexibility index (Phi) is 4.86. The molecule has 1 saturated heterocycles. The van der Waals surface area contributed by atoms with Crippen molar-refractivity contribution in [3.63, 3.8) is 0 Å². The predicted octanol–water partition coefficient (Wildman–Crippen LogP) is 3.68. The Labute approximate surface area is 150 Å². The standard InChI is InChI=1S/C17H22ClFN4O2/c1-17(2,3)25-16(24)23-7-5-12(13(19)10-23)9-22-6-4-11-8-14(18)20-21-15(11)22/h4,6,8,12-13H,5,7,9-10H2,1-3H3/t12-,13-/m1/s1. The molecule has 1 fully saturated rings. The first-order valence-electron chi connectivity index (χ1n) is 8.33. The Morgan fingerprint density at radius 2 is 2.20 bits per heavy atom. The molecule has 6 nitrogen and oxygen atoms in total. The van der Waals surface area contributed by atoms with E-state index in [1.165, 1.54) is 4.90 Å². The fraction of sp³-hybridized carbons (Fsp3) is 0.588. The van der Waals surface area contributed by atoms with Crippen LogP contribution < -0.4 is 0 Å². The van der Waals surface area contributed by atoms with Crippen LogP contribution in [0.4, 0.5) is 9.18 Å². The number of aromatic nitrogens is 3. The SMILES string of the molecule is CC(C)(C)OC(=O)N1CC[C@H](Cn2ccc3cc(Cl)nnc32)[C@H](F)C1. The molecule has 2 aromatic heterocycles. The quantitative estimate of drug-likeness (QED) is 0.811. The Morgan fingerprint density at radius 3 is 2.88 bits per heavy atom. The van der Waals surface area contributed by atoms with Gasteiger partial charge in [0.1, 0.15) is 11.8 Å². The Bertz CT molecular complexity index is 774. The first kappa shape index (κ1) is 17.9. The van der Waals surface area contributed by atoms with Crippen LogP contribution in [0.1, 0.15) is 27.2 Å². The largest absolute Gasteiger partial charge is 0.444 e. The lowest BCUT2D eigenvalue weighted by atomic mass is 9.95. The van der Waals surface area contributed by atoms with Crippen molar-refractivity contribution in [1.29, 1.82) is 0 Å². The van der Waals surface area contributed by atoms with Gasteiger partial charge in [-0.05, 0) is 39.3 Å². The monoisotopic (exact) mass is 368 g/mol. The van der Waals surface area contributed by atoms with Crippen LogP contribution in [0.15, 0.2) is 18.3 Å². The number of piperidine rings is 1. The van der Waals surface area contributed by atoms with Gasteiger partial charge in [-0.15, -0.1) is 10.2 Å². The molecule has 0 radical (unpaired) electrons. The Balaban J connectivity index is 1.64. The normalized spacial score (nSPS) is 21.6. The second kappa shape index (κ2) is 6.78. The second-order valence-electron chi connectivity index (χ2n) is 7.41. The third-order valence-electron chi connectivity index (χ3n) is 4.24. The minimum Gasteiger partial charge on any atom is -0.444 e. The van der Waals surface area contributed by atoms with Crippen LogP contribution in [0.2, 0.25) is 5.15 Å². The first-order chi connectivity index (χ1) is 11.7. The molecule has 8 heteroatoms. The van der Waals surface area contributed by atoms with E-state index in [4.69, 9.17) is 16.3 Å². The number of carbonyl (C=O) groups is 1. The van der Waals surface area contributed by atoms with E-state index in [0.717, 1.165) is 5.39 Å². The lowest BCUT2D eigenvalue weighted by molar-refractivity contribution is 0.00395. The average molecular weight is 369 g/mol. The molecule has 0 saturated carbocycles. The van der Waals surface area contributed by atoms with Gasteiger partial charge in [0.2, 0.25) is 0 Å². The van der Waals surface area contributed by atoms with Gasteiger partial charge in [0.05, 0.1) is 6.54 Å². The number of halogens is 2. The molecular formula is C17H22ClFN4O2. The van der Waals surface area contributed by atoms with E-state index >= 15 is 0 Å². The summed E-state index contributed by atoms with van der Waals surface area (Å²) in [6, 6.07) is 3.62. The van der Waals surface area contributed by atoms with Crippen molar-refractivity contribution >= 4 is 28.7 Å². The second-order valence-corrected chi connectivity index (χ2v) is 7.79. The molecular weight excluding hydrogens is 347 g/mol. The lowest BCUT2D eigenvalue weighted by Crippen LogP contribution is -2.47. The number of alkyl halides is 1. The molecule has 1 aliphatic heterocycles. The van der Waals surface area contributed by atoms with E-state index in [1.54, 1.807) is 26.8 Å². The predicted molar refractivity (Wildman–Crippen MR) is 93.3 cm³/mol. The van der Waals surface area contributed by atoms with Gasteiger partial charge in [-0.2, -0.15) is 0 Å². The number of fused-ring (bicyclic) bond motifs is 1. The molecule has 2 atom stereocenters. The summed E-state index contributed by atoms with van der Waals surface area (Å²) in [4.78, 5) is 13.5. The van der Waals surface area contributed by atoms with Crippen LogP contribution in [0.5, 0.6) is 0 Å². The van der Waals surface area contributed by atoms with E-state index in [-0.39, 0.29) is 12.5 Å². The molecule has 2 aromatic rings. The smallest absolute Gasteiger partial charge is 0.410 e. The highest BCUT2D eigenvalue weighted by Crippen LogP contribution is 2.26. The van der Waals surface area contributed by atoms with Gasteiger partial charge >= 0.3 is 6.09 Å². The minimum atomic E-state index is -1.11. The molecule has 0 aromatic carbocycles. The van der Waals surface area contributed by atoms with Gasteiger partial charge in [-0.1, -0.05) is 11.6 Å². The molecule has 0 bridgehead atoms. The van der Waals surface area contributed by atoms with E-state index < -0.39 is 17.9 Å². The van der Waals surface area contributed by atoms with Crippen molar-refractivity contribution in [3.05, 3.63) is 23.5 Å². The zero-order chi connectivity index (χ0) is 18.2. The Hall–Kier alpha value is -1.89. The fourth-order valence-electron chi connectivity index (χ4n) is 3.01. The van der Waals surface area contributed by atoms with Crippen molar-refractivity contribution in [2.45, 2.75) is 45.5 Å². The van der Waals surface area contributed by atoms with Crippen LogP contribution in [-0.2, 0) is 11.3 Å². The fourth-order valence-corrected chi connectivity index (χ4v) is 3.17. The molecule has 0 spiro atoms. The number of likely N-dealkylation sites (tertiary alicyclic amines) is 1. The molecule has 0 N–H and O–H groups in total. The van der Waals surface area contributed by atoms with Crippen LogP contribution in [0.25, 0.3) is 11.0 Å². The number of ether oxygens (including phenoxy) is 1. The summed E-state index contributed by atoms with van der Waals surface area (Å²) in [7, 11) is 0. The molecule has 3 rings (SSSR count). The van der Waals surface area contributed by atoms with Crippen LogP contribution >= 0.6 is 11.6 Å². The summed E-state index contributed by atoms with van der Waals surface area (Å²) >= 11 is 5.84. The molecule has 1 amide bonds. The number of amides is 1. The zero-order valence-electron chi connectivity index (χ0n) is 14.6. The van der Waals surface area contributed by atoms with Crippen molar-refractivity contribution in [2.24, 2.45) is 5.92 Å². The molecule has 3 heterocycles. The summed E-state index contributed by atoms with van der Waals surface area (Å²) in [5.74, 6) is -0.188. The molecule has 0 unspecified atom stereocenters. The van der Waals surface area contributed by atoms with E-state index in [9.17, 15) is 9.18 Å². The summed E-state index contributed by atoms with van der Waals surface area (Å²) < 4.78 is 21.8. The highest BCUT2D eigenvalue weighted by Gasteiger charge is 2.33. The molecule has 136 valence electrons. The van der Waals surface area contributed by atoms with Crippen molar-refractivity contribution in [2.75, 3.05) is 13.1 Å². The van der Waals surface area contributed by atoms with Crippen molar-refractivity contribution in [1.82, 2.24) is 19.7 Å². The van der Waals surface area contributed by atoms with Gasteiger partial charge in [-0.25, -0.2) is 9.18 Å². The number of hydrogen-bond donors (Lipinski definition) is 0.